The molecule has 0 bridgehead atoms. The number of aliphatic hydroxyl groups is 1. The summed E-state index contributed by atoms with van der Waals surface area (Å²) in [5.41, 5.74) is 0.0146. The van der Waals surface area contributed by atoms with Gasteiger partial charge in [0.15, 0.2) is 0 Å². The van der Waals surface area contributed by atoms with Gasteiger partial charge in [0.25, 0.3) is 5.91 Å². The van der Waals surface area contributed by atoms with E-state index in [9.17, 15) is 9.90 Å². The number of ether oxygens (including phenoxy) is 1. The van der Waals surface area contributed by atoms with Crippen LogP contribution >= 0.6 is 0 Å². The number of rotatable bonds is 2. The minimum Gasteiger partial charge on any atom is -0.394 e. The summed E-state index contributed by atoms with van der Waals surface area (Å²) in [6, 6.07) is 1.64. The fourth-order valence-corrected chi connectivity index (χ4v) is 2.09. The summed E-state index contributed by atoms with van der Waals surface area (Å²) in [4.78, 5) is 13.8. The van der Waals surface area contributed by atoms with Crippen LogP contribution in [0.5, 0.6) is 0 Å². The maximum Gasteiger partial charge on any atom is 0.272 e. The zero-order valence-corrected chi connectivity index (χ0v) is 10.0. The van der Waals surface area contributed by atoms with Crippen molar-refractivity contribution in [3.8, 4) is 0 Å². The molecule has 1 aromatic heterocycles. The molecule has 1 aliphatic rings. The molecule has 0 saturated carbocycles. The van der Waals surface area contributed by atoms with Crippen molar-refractivity contribution in [1.82, 2.24) is 15.1 Å². The monoisotopic (exact) mass is 239 g/mol. The van der Waals surface area contributed by atoms with E-state index in [1.807, 2.05) is 13.8 Å². The molecule has 1 saturated heterocycles. The van der Waals surface area contributed by atoms with E-state index in [2.05, 4.69) is 10.2 Å². The molecule has 2 heterocycles. The summed E-state index contributed by atoms with van der Waals surface area (Å²) in [5, 5.41) is 15.6. The summed E-state index contributed by atoms with van der Waals surface area (Å²) >= 11 is 0. The standard InChI is InChI=1S/C11H17N3O3/c1-11(2)7-14(5-8(6-15)17-11)10(16)9-3-4-12-13-9/h3-4,8,15H,5-7H2,1-2H3,(H,12,13). The van der Waals surface area contributed by atoms with Crippen LogP contribution in [0.15, 0.2) is 12.3 Å². The third kappa shape index (κ3) is 2.65. The average Bonchev–Trinajstić information content (AvgIpc) is 2.79. The summed E-state index contributed by atoms with van der Waals surface area (Å²) in [7, 11) is 0. The van der Waals surface area contributed by atoms with E-state index in [0.717, 1.165) is 0 Å². The Morgan fingerprint density at radius 3 is 3.12 bits per heavy atom. The molecule has 2 N–H and O–H groups in total. The third-order valence-electron chi connectivity index (χ3n) is 2.70. The van der Waals surface area contributed by atoms with Crippen molar-refractivity contribution in [1.29, 1.82) is 0 Å². The molecule has 1 atom stereocenters. The molecule has 17 heavy (non-hydrogen) atoms. The SMILES string of the molecule is CC1(C)CN(C(=O)c2ccn[nH]2)CC(CO)O1. The van der Waals surface area contributed by atoms with Crippen molar-refractivity contribution in [2.75, 3.05) is 19.7 Å². The van der Waals surface area contributed by atoms with E-state index in [1.165, 1.54) is 0 Å². The highest BCUT2D eigenvalue weighted by atomic mass is 16.5. The van der Waals surface area contributed by atoms with Crippen LogP contribution in [0.4, 0.5) is 0 Å². The first-order valence-corrected chi connectivity index (χ1v) is 5.59. The van der Waals surface area contributed by atoms with E-state index in [1.54, 1.807) is 17.2 Å². The number of nitrogens with one attached hydrogen (secondary N) is 1. The fourth-order valence-electron chi connectivity index (χ4n) is 2.09. The van der Waals surface area contributed by atoms with Gasteiger partial charge in [0.05, 0.1) is 18.3 Å². The zero-order chi connectivity index (χ0) is 12.5. The molecule has 1 aliphatic heterocycles. The van der Waals surface area contributed by atoms with Crippen LogP contribution < -0.4 is 0 Å². The van der Waals surface area contributed by atoms with Crippen molar-refractivity contribution in [3.63, 3.8) is 0 Å². The van der Waals surface area contributed by atoms with Crippen LogP contribution in [-0.4, -0.2) is 57.5 Å². The Labute approximate surface area is 99.6 Å². The predicted octanol–water partition coefficient (Wildman–Crippen LogP) is 0.0216. The number of aromatic nitrogens is 2. The second-order valence-corrected chi connectivity index (χ2v) is 4.84. The van der Waals surface area contributed by atoms with E-state index >= 15 is 0 Å². The average molecular weight is 239 g/mol. The van der Waals surface area contributed by atoms with E-state index < -0.39 is 5.60 Å². The molecule has 2 rings (SSSR count). The Morgan fingerprint density at radius 2 is 2.53 bits per heavy atom. The first kappa shape index (κ1) is 12.1. The van der Waals surface area contributed by atoms with Gasteiger partial charge >= 0.3 is 0 Å². The normalized spacial score (nSPS) is 23.7. The van der Waals surface area contributed by atoms with Crippen LogP contribution in [-0.2, 0) is 4.74 Å². The molecule has 0 aliphatic carbocycles. The van der Waals surface area contributed by atoms with Gasteiger partial charge in [-0.2, -0.15) is 5.10 Å². The Balaban J connectivity index is 2.12. The number of nitrogens with zero attached hydrogens (tertiary/aromatic N) is 2. The number of H-pyrrole nitrogens is 1. The Morgan fingerprint density at radius 1 is 1.76 bits per heavy atom. The second-order valence-electron chi connectivity index (χ2n) is 4.84. The van der Waals surface area contributed by atoms with Crippen LogP contribution in [0.1, 0.15) is 24.3 Å². The number of hydrogen-bond donors (Lipinski definition) is 2. The molecule has 6 heteroatoms. The quantitative estimate of drug-likeness (QED) is 0.762. The number of carbonyl (C=O) groups is 1. The van der Waals surface area contributed by atoms with E-state index in [0.29, 0.717) is 18.8 Å². The molecule has 1 fully saturated rings. The number of amides is 1. The highest BCUT2D eigenvalue weighted by Crippen LogP contribution is 2.21. The molecule has 94 valence electrons. The molecule has 0 radical (unpaired) electrons. The first-order valence-electron chi connectivity index (χ1n) is 5.59. The first-order chi connectivity index (χ1) is 8.02. The zero-order valence-electron chi connectivity index (χ0n) is 10.0. The van der Waals surface area contributed by atoms with E-state index in [-0.39, 0.29) is 18.6 Å². The minimum atomic E-state index is -0.443. The number of aromatic amines is 1. The summed E-state index contributed by atoms with van der Waals surface area (Å²) in [5.74, 6) is -0.114. The molecule has 6 nitrogen and oxygen atoms in total. The smallest absolute Gasteiger partial charge is 0.272 e. The largest absolute Gasteiger partial charge is 0.394 e. The van der Waals surface area contributed by atoms with Gasteiger partial charge in [-0.15, -0.1) is 0 Å². The maximum atomic E-state index is 12.1. The minimum absolute atomic E-state index is 0.0871. The topological polar surface area (TPSA) is 78.5 Å². The van der Waals surface area contributed by atoms with Crippen molar-refractivity contribution in [3.05, 3.63) is 18.0 Å². The molecule has 1 aromatic rings. The van der Waals surface area contributed by atoms with Crippen molar-refractivity contribution in [2.24, 2.45) is 0 Å². The lowest BCUT2D eigenvalue weighted by atomic mass is 10.0. The van der Waals surface area contributed by atoms with Crippen LogP contribution in [0, 0.1) is 0 Å². The molecule has 0 aromatic carbocycles. The lowest BCUT2D eigenvalue weighted by Crippen LogP contribution is -2.55. The highest BCUT2D eigenvalue weighted by Gasteiger charge is 2.35. The van der Waals surface area contributed by atoms with Crippen molar-refractivity contribution >= 4 is 5.91 Å². The Kier molecular flexibility index (Phi) is 3.17. The van der Waals surface area contributed by atoms with Gasteiger partial charge in [-0.25, -0.2) is 0 Å². The number of hydrogen-bond acceptors (Lipinski definition) is 4. The second kappa shape index (κ2) is 4.46. The Bertz CT molecular complexity index is 389. The molecule has 1 unspecified atom stereocenters. The van der Waals surface area contributed by atoms with Gasteiger partial charge in [0.1, 0.15) is 5.69 Å². The van der Waals surface area contributed by atoms with Crippen LogP contribution in [0.2, 0.25) is 0 Å². The van der Waals surface area contributed by atoms with Gasteiger partial charge in [-0.3, -0.25) is 9.89 Å². The molecular formula is C11H17N3O3. The van der Waals surface area contributed by atoms with Gasteiger partial charge in [0.2, 0.25) is 0 Å². The van der Waals surface area contributed by atoms with Gasteiger partial charge in [-0.05, 0) is 19.9 Å². The van der Waals surface area contributed by atoms with Crippen LogP contribution in [0.25, 0.3) is 0 Å². The summed E-state index contributed by atoms with van der Waals surface area (Å²) < 4.78 is 5.65. The predicted molar refractivity (Wildman–Crippen MR) is 60.5 cm³/mol. The number of carbonyl (C=O) groups excluding carboxylic acids is 1. The van der Waals surface area contributed by atoms with Gasteiger partial charge in [-0.1, -0.05) is 0 Å². The Hall–Kier alpha value is -1.40. The van der Waals surface area contributed by atoms with E-state index in [4.69, 9.17) is 4.74 Å². The van der Waals surface area contributed by atoms with Crippen LogP contribution in [0.3, 0.4) is 0 Å². The van der Waals surface area contributed by atoms with Gasteiger partial charge in [0, 0.05) is 19.3 Å². The third-order valence-corrected chi connectivity index (χ3v) is 2.70. The molecule has 0 spiro atoms. The fraction of sp³-hybridized carbons (Fsp3) is 0.636. The number of morpholine rings is 1. The van der Waals surface area contributed by atoms with Crippen molar-refractivity contribution < 1.29 is 14.6 Å². The maximum absolute atomic E-state index is 12.1. The lowest BCUT2D eigenvalue weighted by Gasteiger charge is -2.42. The van der Waals surface area contributed by atoms with Crippen molar-refractivity contribution in [2.45, 2.75) is 25.6 Å². The summed E-state index contributed by atoms with van der Waals surface area (Å²) in [6.07, 6.45) is 1.22. The molecular weight excluding hydrogens is 222 g/mol. The summed E-state index contributed by atoms with van der Waals surface area (Å²) in [6.45, 7) is 4.62. The molecule has 1 amide bonds. The highest BCUT2D eigenvalue weighted by molar-refractivity contribution is 5.92. The van der Waals surface area contributed by atoms with Gasteiger partial charge < -0.3 is 14.7 Å². The lowest BCUT2D eigenvalue weighted by molar-refractivity contribution is -0.139. The number of aliphatic hydroxyl groups excluding tert-OH is 1.